The first kappa shape index (κ1) is 33.3. The van der Waals surface area contributed by atoms with Crippen LogP contribution in [0.25, 0.3) is 0 Å². The number of amidine groups is 2. The monoisotopic (exact) mass is 434 g/mol. The van der Waals surface area contributed by atoms with Gasteiger partial charge in [-0.1, -0.05) is 0 Å². The molecule has 160 valence electrons. The molecule has 28 heavy (non-hydrogen) atoms. The Kier molecular flexibility index (Phi) is 18.7. The average molecular weight is 435 g/mol. The summed E-state index contributed by atoms with van der Waals surface area (Å²) in [6.45, 7) is 11.1. The van der Waals surface area contributed by atoms with Crippen molar-refractivity contribution >= 4 is 36.5 Å². The van der Waals surface area contributed by atoms with Gasteiger partial charge >= 0.3 is 0 Å². The van der Waals surface area contributed by atoms with Crippen LogP contribution in [0.2, 0.25) is 0 Å². The second kappa shape index (κ2) is 15.7. The molecule has 12 heteroatoms. The van der Waals surface area contributed by atoms with Crippen LogP contribution in [0.3, 0.4) is 0 Å². The molecular formula is C16H32Cl2N10. The predicted molar refractivity (Wildman–Crippen MR) is 115 cm³/mol. The van der Waals surface area contributed by atoms with E-state index in [4.69, 9.17) is 32.8 Å². The zero-order chi connectivity index (χ0) is 21.0. The molecule has 0 radical (unpaired) electrons. The Balaban J connectivity index is -0.000000194. The number of hydrogen-bond acceptors (Lipinski definition) is 8. The number of nitriles is 2. The Labute approximate surface area is 179 Å². The van der Waals surface area contributed by atoms with E-state index in [0.717, 1.165) is 0 Å². The summed E-state index contributed by atoms with van der Waals surface area (Å²) in [6.07, 6.45) is 0. The second-order valence-electron chi connectivity index (χ2n) is 6.85. The third-order valence-electron chi connectivity index (χ3n) is 3.12. The summed E-state index contributed by atoms with van der Waals surface area (Å²) in [6, 6.07) is 4.10. The Hall–Kier alpha value is -2.30. The fourth-order valence-electron chi connectivity index (χ4n) is 0.800. The smallest absolute Gasteiger partial charge is 0.132 e. The van der Waals surface area contributed by atoms with Gasteiger partial charge in [0.25, 0.3) is 0 Å². The van der Waals surface area contributed by atoms with Crippen LogP contribution < -0.4 is 11.5 Å². The summed E-state index contributed by atoms with van der Waals surface area (Å²) in [4.78, 5) is 0. The second-order valence-corrected chi connectivity index (χ2v) is 6.85. The van der Waals surface area contributed by atoms with Crippen molar-refractivity contribution in [3.8, 4) is 12.1 Å². The molecule has 0 saturated heterocycles. The van der Waals surface area contributed by atoms with Crippen LogP contribution in [0, 0.1) is 45.3 Å². The fraction of sp³-hybridized carbons (Fsp3) is 0.750. The maximum absolute atomic E-state index is 8.39. The largest absolute Gasteiger partial charge is 0.386 e. The van der Waals surface area contributed by atoms with Gasteiger partial charge in [-0.05, 0) is 41.5 Å². The molecular weight excluding hydrogens is 403 g/mol. The van der Waals surface area contributed by atoms with Crippen molar-refractivity contribution in [2.45, 2.75) is 52.6 Å². The number of halogens is 2. The van der Waals surface area contributed by atoms with Crippen molar-refractivity contribution in [2.24, 2.45) is 43.8 Å². The molecule has 0 aromatic carbocycles. The quantitative estimate of drug-likeness (QED) is 0.257. The van der Waals surface area contributed by atoms with Crippen LogP contribution in [0.4, 0.5) is 0 Å². The standard InChI is InChI=1S/C8H18N6.C8H12N4.2ClH/c1-7(2,5(9)10)13-14-8(3,4)6(11)12;1-7(3-9)5-11-12-6-8(2)4-10;;/h1-4H3,(H3,9,10)(H3,11,12);7-8H,5-6H2,1-2H3;2*1H. The summed E-state index contributed by atoms with van der Waals surface area (Å²) in [5, 5.41) is 46.6. The molecule has 0 spiro atoms. The molecule has 2 unspecified atom stereocenters. The van der Waals surface area contributed by atoms with E-state index in [2.05, 4.69) is 20.5 Å². The first-order valence-corrected chi connectivity index (χ1v) is 8.05. The number of azo groups is 2. The molecule has 10 nitrogen and oxygen atoms in total. The summed E-state index contributed by atoms with van der Waals surface area (Å²) in [5.74, 6) is -0.321. The number of nitrogens with zero attached hydrogens (tertiary/aromatic N) is 6. The number of nitrogens with one attached hydrogen (secondary N) is 2. The Morgan fingerprint density at radius 3 is 1.25 bits per heavy atom. The summed E-state index contributed by atoms with van der Waals surface area (Å²) >= 11 is 0. The summed E-state index contributed by atoms with van der Waals surface area (Å²) in [7, 11) is 0. The van der Waals surface area contributed by atoms with E-state index in [9.17, 15) is 0 Å². The van der Waals surface area contributed by atoms with Crippen molar-refractivity contribution in [1.82, 2.24) is 0 Å². The fourth-order valence-corrected chi connectivity index (χ4v) is 0.800. The average Bonchev–Trinajstić information content (AvgIpc) is 2.56. The molecule has 6 N–H and O–H groups in total. The summed E-state index contributed by atoms with van der Waals surface area (Å²) in [5.41, 5.74) is 8.96. The van der Waals surface area contributed by atoms with Gasteiger partial charge in [0.1, 0.15) is 22.7 Å². The number of rotatable bonds is 8. The Bertz CT molecular complexity index is 562. The predicted octanol–water partition coefficient (Wildman–Crippen LogP) is 3.47. The molecule has 0 aromatic rings. The highest BCUT2D eigenvalue weighted by Crippen LogP contribution is 2.15. The van der Waals surface area contributed by atoms with Gasteiger partial charge in [0, 0.05) is 0 Å². The van der Waals surface area contributed by atoms with Gasteiger partial charge in [0.15, 0.2) is 0 Å². The third-order valence-corrected chi connectivity index (χ3v) is 3.12. The molecule has 0 rings (SSSR count). The minimum absolute atomic E-state index is 0. The van der Waals surface area contributed by atoms with Crippen LogP contribution in [0.5, 0.6) is 0 Å². The minimum atomic E-state index is -0.841. The highest BCUT2D eigenvalue weighted by molar-refractivity contribution is 5.87. The Morgan fingerprint density at radius 2 is 1.07 bits per heavy atom. The van der Waals surface area contributed by atoms with Crippen molar-refractivity contribution in [3.63, 3.8) is 0 Å². The molecule has 0 amide bonds. The first-order chi connectivity index (χ1) is 11.8. The van der Waals surface area contributed by atoms with Gasteiger partial charge < -0.3 is 11.5 Å². The highest BCUT2D eigenvalue weighted by atomic mass is 35.5. The van der Waals surface area contributed by atoms with Crippen LogP contribution >= 0.6 is 24.8 Å². The lowest BCUT2D eigenvalue weighted by molar-refractivity contribution is 0.557. The van der Waals surface area contributed by atoms with Gasteiger partial charge in [-0.2, -0.15) is 31.0 Å². The zero-order valence-electron chi connectivity index (χ0n) is 17.2. The first-order valence-electron chi connectivity index (χ1n) is 8.05. The lowest BCUT2D eigenvalue weighted by atomic mass is 10.1. The van der Waals surface area contributed by atoms with Gasteiger partial charge in [-0.15, -0.1) is 24.8 Å². The molecule has 0 aliphatic rings. The van der Waals surface area contributed by atoms with Crippen molar-refractivity contribution in [3.05, 3.63) is 0 Å². The maximum atomic E-state index is 8.39. The van der Waals surface area contributed by atoms with Crippen molar-refractivity contribution in [2.75, 3.05) is 13.1 Å². The zero-order valence-corrected chi connectivity index (χ0v) is 18.9. The van der Waals surface area contributed by atoms with E-state index >= 15 is 0 Å². The van der Waals surface area contributed by atoms with E-state index < -0.39 is 11.1 Å². The molecule has 0 aliphatic carbocycles. The van der Waals surface area contributed by atoms with E-state index in [0.29, 0.717) is 13.1 Å². The molecule has 0 aromatic heterocycles. The lowest BCUT2D eigenvalue weighted by Crippen LogP contribution is -2.38. The van der Waals surface area contributed by atoms with Gasteiger partial charge in [0.05, 0.1) is 37.1 Å². The van der Waals surface area contributed by atoms with E-state index in [1.807, 2.05) is 12.1 Å². The van der Waals surface area contributed by atoms with Gasteiger partial charge in [-0.25, -0.2) is 0 Å². The van der Waals surface area contributed by atoms with Crippen molar-refractivity contribution < 1.29 is 0 Å². The summed E-state index contributed by atoms with van der Waals surface area (Å²) < 4.78 is 0. The molecule has 0 bridgehead atoms. The molecule has 0 aliphatic heterocycles. The Morgan fingerprint density at radius 1 is 0.821 bits per heavy atom. The van der Waals surface area contributed by atoms with E-state index in [-0.39, 0.29) is 48.3 Å². The maximum Gasteiger partial charge on any atom is 0.132 e. The van der Waals surface area contributed by atoms with E-state index in [1.54, 1.807) is 41.5 Å². The third kappa shape index (κ3) is 15.9. The van der Waals surface area contributed by atoms with Crippen molar-refractivity contribution in [1.29, 1.82) is 21.3 Å². The van der Waals surface area contributed by atoms with Crippen LogP contribution in [0.15, 0.2) is 20.5 Å². The van der Waals surface area contributed by atoms with Crippen LogP contribution in [0.1, 0.15) is 41.5 Å². The number of nitrogens with two attached hydrogens (primary N) is 2. The van der Waals surface area contributed by atoms with Crippen LogP contribution in [-0.4, -0.2) is 35.8 Å². The van der Waals surface area contributed by atoms with E-state index in [1.165, 1.54) is 0 Å². The minimum Gasteiger partial charge on any atom is -0.386 e. The number of hydrogen-bond donors (Lipinski definition) is 4. The highest BCUT2D eigenvalue weighted by Gasteiger charge is 2.25. The SMILES string of the molecule is CC(C#N)CN=NCC(C)C#N.CC(C)(N=NC(C)(C)C(=N)N)C(=N)N.Cl.Cl. The lowest BCUT2D eigenvalue weighted by Gasteiger charge is -2.20. The molecule has 2 atom stereocenters. The molecule has 0 saturated carbocycles. The van der Waals surface area contributed by atoms with Gasteiger partial charge in [-0.3, -0.25) is 10.8 Å². The normalized spacial score (nSPS) is 13.0. The molecule has 0 fully saturated rings. The molecule has 0 heterocycles. The van der Waals surface area contributed by atoms with Crippen LogP contribution in [-0.2, 0) is 0 Å². The topological polar surface area (TPSA) is 197 Å². The van der Waals surface area contributed by atoms with Gasteiger partial charge in [0.2, 0.25) is 0 Å².